The van der Waals surface area contributed by atoms with Gasteiger partial charge in [0.2, 0.25) is 0 Å². The van der Waals surface area contributed by atoms with Crippen LogP contribution in [-0.4, -0.2) is 35.9 Å². The van der Waals surface area contributed by atoms with Crippen molar-refractivity contribution in [2.45, 2.75) is 58.5 Å². The zero-order valence-corrected chi connectivity index (χ0v) is 15.9. The van der Waals surface area contributed by atoms with Gasteiger partial charge < -0.3 is 15.2 Å². The van der Waals surface area contributed by atoms with Crippen molar-refractivity contribution in [2.24, 2.45) is 5.92 Å². The molecule has 1 aromatic rings. The number of hydrogen-bond donors (Lipinski definition) is 2. The Morgan fingerprint density at radius 3 is 2.46 bits per heavy atom. The highest BCUT2D eigenvalue weighted by atomic mass is 35.5. The fourth-order valence-corrected chi connectivity index (χ4v) is 2.97. The average molecular weight is 356 g/mol. The summed E-state index contributed by atoms with van der Waals surface area (Å²) in [5.41, 5.74) is 1.45. The Labute approximate surface area is 150 Å². The maximum absolute atomic E-state index is 10.3. The molecule has 0 aromatic heterocycles. The van der Waals surface area contributed by atoms with E-state index >= 15 is 0 Å². The maximum atomic E-state index is 10.3. The van der Waals surface area contributed by atoms with Crippen LogP contribution in [0, 0.1) is 5.92 Å². The van der Waals surface area contributed by atoms with Gasteiger partial charge in [-0.05, 0) is 64.7 Å². The lowest BCUT2D eigenvalue weighted by Gasteiger charge is -2.26. The van der Waals surface area contributed by atoms with E-state index in [9.17, 15) is 4.79 Å². The van der Waals surface area contributed by atoms with Crippen LogP contribution < -0.4 is 5.32 Å². The second-order valence-electron chi connectivity index (χ2n) is 7.35. The normalized spacial score (nSPS) is 16.9. The van der Waals surface area contributed by atoms with Gasteiger partial charge in [0.15, 0.2) is 0 Å². The van der Waals surface area contributed by atoms with E-state index in [2.05, 4.69) is 39.1 Å². The quantitative estimate of drug-likeness (QED) is 0.851. The van der Waals surface area contributed by atoms with Gasteiger partial charge in [-0.2, -0.15) is 0 Å². The molecule has 1 aliphatic heterocycles. The minimum Gasteiger partial charge on any atom is -0.481 e. The molecule has 0 bridgehead atoms. The number of halogens is 1. The summed E-state index contributed by atoms with van der Waals surface area (Å²) in [7, 11) is 0. The van der Waals surface area contributed by atoms with Gasteiger partial charge in [0.1, 0.15) is 0 Å². The smallest absolute Gasteiger partial charge is 0.306 e. The first-order valence-corrected chi connectivity index (χ1v) is 8.88. The fourth-order valence-electron chi connectivity index (χ4n) is 2.75. The van der Waals surface area contributed by atoms with Gasteiger partial charge in [-0.3, -0.25) is 4.79 Å². The van der Waals surface area contributed by atoms with Crippen LogP contribution in [-0.2, 0) is 16.0 Å². The van der Waals surface area contributed by atoms with Gasteiger partial charge in [-0.1, -0.05) is 23.7 Å². The summed E-state index contributed by atoms with van der Waals surface area (Å²) in [6.45, 7) is 9.96. The lowest BCUT2D eigenvalue weighted by atomic mass is 10.0. The molecule has 1 aliphatic rings. The summed E-state index contributed by atoms with van der Waals surface area (Å²) >= 11 is 5.94. The monoisotopic (exact) mass is 355 g/mol. The molecule has 1 unspecified atom stereocenters. The molecule has 5 heteroatoms. The van der Waals surface area contributed by atoms with E-state index in [0.29, 0.717) is 32.1 Å². The van der Waals surface area contributed by atoms with Gasteiger partial charge in [0.25, 0.3) is 0 Å². The van der Waals surface area contributed by atoms with Crippen molar-refractivity contribution in [1.82, 2.24) is 5.32 Å². The predicted octanol–water partition coefficient (Wildman–Crippen LogP) is 4.16. The molecule has 0 aliphatic carbocycles. The largest absolute Gasteiger partial charge is 0.481 e. The number of benzene rings is 1. The molecule has 2 rings (SSSR count). The summed E-state index contributed by atoms with van der Waals surface area (Å²) in [4.78, 5) is 10.3. The second kappa shape index (κ2) is 10.0. The topological polar surface area (TPSA) is 58.6 Å². The first kappa shape index (κ1) is 20.9. The molecule has 1 aromatic carbocycles. The van der Waals surface area contributed by atoms with Crippen LogP contribution in [0.5, 0.6) is 0 Å². The Bertz CT molecular complexity index is 508. The molecule has 1 atom stereocenters. The SMILES string of the molecule is CC(Cc1cccc(Cl)c1)NC(C)(C)C.O=C(O)C1CCOCC1. The molecule has 1 saturated heterocycles. The number of nitrogens with one attached hydrogen (secondary N) is 1. The molecule has 0 saturated carbocycles. The summed E-state index contributed by atoms with van der Waals surface area (Å²) in [5.74, 6) is -0.836. The molecule has 1 fully saturated rings. The van der Waals surface area contributed by atoms with Crippen LogP contribution in [0.1, 0.15) is 46.1 Å². The third-order valence-electron chi connectivity index (χ3n) is 3.68. The van der Waals surface area contributed by atoms with E-state index in [0.717, 1.165) is 11.4 Å². The van der Waals surface area contributed by atoms with E-state index in [1.54, 1.807) is 0 Å². The first-order valence-electron chi connectivity index (χ1n) is 8.50. The molecule has 0 spiro atoms. The Kier molecular flexibility index (Phi) is 8.74. The zero-order chi connectivity index (χ0) is 18.2. The lowest BCUT2D eigenvalue weighted by molar-refractivity contribution is -0.144. The van der Waals surface area contributed by atoms with Crippen molar-refractivity contribution in [3.8, 4) is 0 Å². The number of aliphatic carboxylic acids is 1. The van der Waals surface area contributed by atoms with E-state index in [1.807, 2.05) is 18.2 Å². The van der Waals surface area contributed by atoms with Crippen molar-refractivity contribution in [2.75, 3.05) is 13.2 Å². The molecule has 0 amide bonds. The Morgan fingerprint density at radius 1 is 1.38 bits per heavy atom. The van der Waals surface area contributed by atoms with Gasteiger partial charge in [-0.25, -0.2) is 0 Å². The highest BCUT2D eigenvalue weighted by Crippen LogP contribution is 2.14. The van der Waals surface area contributed by atoms with Crippen molar-refractivity contribution in [3.05, 3.63) is 34.9 Å². The number of ether oxygens (including phenoxy) is 1. The number of carboxylic acids is 1. The van der Waals surface area contributed by atoms with Gasteiger partial charge in [0.05, 0.1) is 5.92 Å². The third kappa shape index (κ3) is 9.26. The van der Waals surface area contributed by atoms with Gasteiger partial charge in [0, 0.05) is 29.8 Å². The van der Waals surface area contributed by atoms with E-state index in [4.69, 9.17) is 21.4 Å². The van der Waals surface area contributed by atoms with E-state index in [1.165, 1.54) is 5.56 Å². The van der Waals surface area contributed by atoms with Crippen molar-refractivity contribution in [3.63, 3.8) is 0 Å². The highest BCUT2D eigenvalue weighted by Gasteiger charge is 2.19. The number of carboxylic acid groups (broad SMARTS) is 1. The minimum absolute atomic E-state index is 0.154. The summed E-state index contributed by atoms with van der Waals surface area (Å²) in [6, 6.07) is 8.52. The molecule has 24 heavy (non-hydrogen) atoms. The molecule has 4 nitrogen and oxygen atoms in total. The molecular weight excluding hydrogens is 326 g/mol. The van der Waals surface area contributed by atoms with Crippen molar-refractivity contribution in [1.29, 1.82) is 0 Å². The average Bonchev–Trinajstić information content (AvgIpc) is 2.46. The molecule has 0 radical (unpaired) electrons. The second-order valence-corrected chi connectivity index (χ2v) is 7.79. The van der Waals surface area contributed by atoms with Gasteiger partial charge >= 0.3 is 5.97 Å². The van der Waals surface area contributed by atoms with E-state index in [-0.39, 0.29) is 11.5 Å². The Hall–Kier alpha value is -1.10. The van der Waals surface area contributed by atoms with Crippen LogP contribution in [0.15, 0.2) is 24.3 Å². The molecular formula is C19H30ClNO3. The van der Waals surface area contributed by atoms with Crippen LogP contribution in [0.4, 0.5) is 0 Å². The number of hydrogen-bond acceptors (Lipinski definition) is 3. The minimum atomic E-state index is -0.682. The zero-order valence-electron chi connectivity index (χ0n) is 15.1. The molecule has 2 N–H and O–H groups in total. The summed E-state index contributed by atoms with van der Waals surface area (Å²) in [5, 5.41) is 12.8. The summed E-state index contributed by atoms with van der Waals surface area (Å²) < 4.78 is 4.99. The van der Waals surface area contributed by atoms with Crippen LogP contribution >= 0.6 is 11.6 Å². The maximum Gasteiger partial charge on any atom is 0.306 e. The van der Waals surface area contributed by atoms with Gasteiger partial charge in [-0.15, -0.1) is 0 Å². The molecule has 1 heterocycles. The Morgan fingerprint density at radius 2 is 2.00 bits per heavy atom. The van der Waals surface area contributed by atoms with Crippen LogP contribution in [0.3, 0.4) is 0 Å². The lowest BCUT2D eigenvalue weighted by Crippen LogP contribution is -2.43. The number of carbonyl (C=O) groups is 1. The van der Waals surface area contributed by atoms with Crippen molar-refractivity contribution < 1.29 is 14.6 Å². The molecule has 136 valence electrons. The first-order chi connectivity index (χ1) is 11.2. The van der Waals surface area contributed by atoms with Crippen molar-refractivity contribution >= 4 is 17.6 Å². The van der Waals surface area contributed by atoms with Crippen LogP contribution in [0.2, 0.25) is 5.02 Å². The number of rotatable bonds is 4. The highest BCUT2D eigenvalue weighted by molar-refractivity contribution is 6.30. The third-order valence-corrected chi connectivity index (χ3v) is 3.92. The fraction of sp³-hybridized carbons (Fsp3) is 0.632. The predicted molar refractivity (Wildman–Crippen MR) is 98.7 cm³/mol. The standard InChI is InChI=1S/C13H20ClN.C6H10O3/c1-10(15-13(2,3)4)8-11-6-5-7-12(14)9-11;7-6(8)5-1-3-9-4-2-5/h5-7,9-10,15H,8H2,1-4H3;5H,1-4H2,(H,7,8). The summed E-state index contributed by atoms with van der Waals surface area (Å²) in [6.07, 6.45) is 2.36. The Balaban J connectivity index is 0.000000272. The van der Waals surface area contributed by atoms with E-state index < -0.39 is 5.97 Å². The van der Waals surface area contributed by atoms with Crippen LogP contribution in [0.25, 0.3) is 0 Å².